The summed E-state index contributed by atoms with van der Waals surface area (Å²) in [4.78, 5) is 24.5. The Morgan fingerprint density at radius 2 is 2.00 bits per heavy atom. The topological polar surface area (TPSA) is 55.4 Å². The molecule has 0 aromatic heterocycles. The van der Waals surface area contributed by atoms with Crippen molar-refractivity contribution in [2.24, 2.45) is 0 Å². The molecule has 0 fully saturated rings. The van der Waals surface area contributed by atoms with E-state index in [0.717, 1.165) is 0 Å². The molecule has 1 aliphatic rings. The molecule has 0 radical (unpaired) electrons. The van der Waals surface area contributed by atoms with Crippen molar-refractivity contribution in [3.63, 3.8) is 0 Å². The standard InChI is InChI=1S/C17H14FNO3/c1-10-5-4-7-12(15(10)18)17(21)19-13-9-22-14-8-3-2-6-11(14)16(13)20/h2-8,13H,9H2,1H3,(H,19,21). The van der Waals surface area contributed by atoms with Gasteiger partial charge in [0.1, 0.15) is 24.2 Å². The van der Waals surface area contributed by atoms with Crippen LogP contribution in [0.25, 0.3) is 0 Å². The molecule has 0 bridgehead atoms. The molecule has 0 saturated carbocycles. The molecule has 112 valence electrons. The molecule has 0 spiro atoms. The predicted molar refractivity (Wildman–Crippen MR) is 78.7 cm³/mol. The smallest absolute Gasteiger partial charge is 0.254 e. The molecule has 4 nitrogen and oxygen atoms in total. The van der Waals surface area contributed by atoms with Crippen LogP contribution in [0.3, 0.4) is 0 Å². The molecular formula is C17H14FNO3. The lowest BCUT2D eigenvalue weighted by Gasteiger charge is -2.24. The third-order valence-electron chi connectivity index (χ3n) is 3.62. The summed E-state index contributed by atoms with van der Waals surface area (Å²) in [6.45, 7) is 1.62. The van der Waals surface area contributed by atoms with Gasteiger partial charge in [0.15, 0.2) is 5.78 Å². The first-order valence-corrected chi connectivity index (χ1v) is 6.90. The highest BCUT2D eigenvalue weighted by molar-refractivity contribution is 6.06. The Hall–Kier alpha value is -2.69. The molecule has 1 unspecified atom stereocenters. The van der Waals surface area contributed by atoms with E-state index in [2.05, 4.69) is 5.32 Å². The Labute approximate surface area is 126 Å². The normalized spacial score (nSPS) is 16.6. The SMILES string of the molecule is Cc1cccc(C(=O)NC2COc3ccccc3C2=O)c1F. The fourth-order valence-electron chi connectivity index (χ4n) is 2.40. The zero-order valence-corrected chi connectivity index (χ0v) is 11.9. The van der Waals surface area contributed by atoms with Gasteiger partial charge in [-0.05, 0) is 30.7 Å². The largest absolute Gasteiger partial charge is 0.490 e. The molecule has 1 aliphatic heterocycles. The molecule has 5 heteroatoms. The average molecular weight is 299 g/mol. The molecule has 3 rings (SSSR count). The van der Waals surface area contributed by atoms with Crippen molar-refractivity contribution < 1.29 is 18.7 Å². The summed E-state index contributed by atoms with van der Waals surface area (Å²) in [7, 11) is 0. The molecule has 0 saturated heterocycles. The van der Waals surface area contributed by atoms with E-state index in [-0.39, 0.29) is 18.0 Å². The van der Waals surface area contributed by atoms with E-state index in [1.807, 2.05) is 0 Å². The second kappa shape index (κ2) is 5.60. The number of aryl methyl sites for hydroxylation is 1. The molecule has 0 aliphatic carbocycles. The number of hydrogen-bond acceptors (Lipinski definition) is 3. The molecule has 1 heterocycles. The van der Waals surface area contributed by atoms with Gasteiger partial charge in [0.25, 0.3) is 5.91 Å². The van der Waals surface area contributed by atoms with E-state index in [0.29, 0.717) is 16.9 Å². The highest BCUT2D eigenvalue weighted by Gasteiger charge is 2.30. The first kappa shape index (κ1) is 14.3. The minimum Gasteiger partial charge on any atom is -0.490 e. The second-order valence-corrected chi connectivity index (χ2v) is 5.13. The minimum absolute atomic E-state index is 0.0367. The van der Waals surface area contributed by atoms with Gasteiger partial charge in [-0.3, -0.25) is 9.59 Å². The summed E-state index contributed by atoms with van der Waals surface area (Å²) < 4.78 is 19.4. The van der Waals surface area contributed by atoms with Crippen LogP contribution in [0.5, 0.6) is 5.75 Å². The predicted octanol–water partition coefficient (Wildman–Crippen LogP) is 2.51. The maximum Gasteiger partial charge on any atom is 0.254 e. The van der Waals surface area contributed by atoms with Gasteiger partial charge in [0.05, 0.1) is 11.1 Å². The Bertz CT molecular complexity index is 757. The van der Waals surface area contributed by atoms with E-state index in [4.69, 9.17) is 4.74 Å². The first-order chi connectivity index (χ1) is 10.6. The maximum atomic E-state index is 14.0. The van der Waals surface area contributed by atoms with Crippen LogP contribution in [0.1, 0.15) is 26.3 Å². The Morgan fingerprint density at radius 3 is 2.82 bits per heavy atom. The van der Waals surface area contributed by atoms with E-state index in [1.54, 1.807) is 43.3 Å². The number of rotatable bonds is 2. The zero-order chi connectivity index (χ0) is 15.7. The number of hydrogen-bond donors (Lipinski definition) is 1. The van der Waals surface area contributed by atoms with Crippen LogP contribution in [0.4, 0.5) is 4.39 Å². The van der Waals surface area contributed by atoms with Gasteiger partial charge in [-0.15, -0.1) is 0 Å². The summed E-state index contributed by atoms with van der Waals surface area (Å²) in [5, 5.41) is 2.54. The summed E-state index contributed by atoms with van der Waals surface area (Å²) in [6.07, 6.45) is 0. The molecular weight excluding hydrogens is 285 g/mol. The van der Waals surface area contributed by atoms with Crippen LogP contribution < -0.4 is 10.1 Å². The van der Waals surface area contributed by atoms with Gasteiger partial charge in [-0.25, -0.2) is 4.39 Å². The molecule has 22 heavy (non-hydrogen) atoms. The summed E-state index contributed by atoms with van der Waals surface area (Å²) in [5.41, 5.74) is 0.722. The number of ether oxygens (including phenoxy) is 1. The van der Waals surface area contributed by atoms with Crippen LogP contribution in [-0.4, -0.2) is 24.3 Å². The third kappa shape index (κ3) is 2.45. The highest BCUT2D eigenvalue weighted by Crippen LogP contribution is 2.24. The van der Waals surface area contributed by atoms with Crippen molar-refractivity contribution in [2.75, 3.05) is 6.61 Å². The van der Waals surface area contributed by atoms with Crippen molar-refractivity contribution in [1.82, 2.24) is 5.32 Å². The van der Waals surface area contributed by atoms with Gasteiger partial charge in [0, 0.05) is 0 Å². The number of fused-ring (bicyclic) bond motifs is 1. The lowest BCUT2D eigenvalue weighted by atomic mass is 10.0. The minimum atomic E-state index is -0.817. The van der Waals surface area contributed by atoms with Crippen molar-refractivity contribution >= 4 is 11.7 Å². The van der Waals surface area contributed by atoms with Crippen molar-refractivity contribution in [2.45, 2.75) is 13.0 Å². The van der Waals surface area contributed by atoms with E-state index in [9.17, 15) is 14.0 Å². The Morgan fingerprint density at radius 1 is 1.23 bits per heavy atom. The van der Waals surface area contributed by atoms with Gasteiger partial charge in [-0.1, -0.05) is 24.3 Å². The van der Waals surface area contributed by atoms with Gasteiger partial charge in [0.2, 0.25) is 0 Å². The number of halogens is 1. The number of carbonyl (C=O) groups is 2. The Kier molecular flexibility index (Phi) is 3.63. The van der Waals surface area contributed by atoms with Crippen molar-refractivity contribution in [3.8, 4) is 5.75 Å². The highest BCUT2D eigenvalue weighted by atomic mass is 19.1. The zero-order valence-electron chi connectivity index (χ0n) is 11.9. The van der Waals surface area contributed by atoms with E-state index in [1.165, 1.54) is 6.07 Å². The fraction of sp³-hybridized carbons (Fsp3) is 0.176. The quantitative estimate of drug-likeness (QED) is 0.927. The van der Waals surface area contributed by atoms with Gasteiger partial charge >= 0.3 is 0 Å². The molecule has 2 aromatic carbocycles. The van der Waals surface area contributed by atoms with E-state index >= 15 is 0 Å². The average Bonchev–Trinajstić information content (AvgIpc) is 2.53. The number of nitrogens with one attached hydrogen (secondary N) is 1. The second-order valence-electron chi connectivity index (χ2n) is 5.13. The van der Waals surface area contributed by atoms with Crippen LogP contribution in [0.2, 0.25) is 0 Å². The Balaban J connectivity index is 1.81. The first-order valence-electron chi connectivity index (χ1n) is 6.90. The lowest BCUT2D eigenvalue weighted by Crippen LogP contribution is -2.47. The van der Waals surface area contributed by atoms with Gasteiger partial charge < -0.3 is 10.1 Å². The fourth-order valence-corrected chi connectivity index (χ4v) is 2.40. The molecule has 1 amide bonds. The number of benzene rings is 2. The summed E-state index contributed by atoms with van der Waals surface area (Å²) in [6, 6.07) is 10.6. The van der Waals surface area contributed by atoms with Crippen LogP contribution in [-0.2, 0) is 0 Å². The number of ketones is 1. The summed E-state index contributed by atoms with van der Waals surface area (Å²) >= 11 is 0. The molecule has 2 aromatic rings. The van der Waals surface area contributed by atoms with Crippen molar-refractivity contribution in [1.29, 1.82) is 0 Å². The maximum absolute atomic E-state index is 14.0. The number of carbonyl (C=O) groups excluding carboxylic acids is 2. The van der Waals surface area contributed by atoms with Crippen LogP contribution in [0, 0.1) is 12.7 Å². The van der Waals surface area contributed by atoms with Gasteiger partial charge in [-0.2, -0.15) is 0 Å². The molecule has 1 N–H and O–H groups in total. The van der Waals surface area contributed by atoms with Crippen LogP contribution in [0.15, 0.2) is 42.5 Å². The summed E-state index contributed by atoms with van der Waals surface area (Å²) in [5.74, 6) is -0.935. The van der Waals surface area contributed by atoms with Crippen LogP contribution >= 0.6 is 0 Å². The van der Waals surface area contributed by atoms with E-state index < -0.39 is 17.8 Å². The lowest BCUT2D eigenvalue weighted by molar-refractivity contribution is 0.0793. The number of Topliss-reactive ketones (excluding diaryl/α,β-unsaturated/α-hetero) is 1. The molecule has 1 atom stereocenters. The monoisotopic (exact) mass is 299 g/mol. The number of amides is 1. The van der Waals surface area contributed by atoms with Crippen molar-refractivity contribution in [3.05, 3.63) is 65.0 Å². The number of para-hydroxylation sites is 1. The third-order valence-corrected chi connectivity index (χ3v) is 3.62.